The number of amides is 1. The number of halogens is 1. The van der Waals surface area contributed by atoms with E-state index in [1.54, 1.807) is 26.0 Å². The van der Waals surface area contributed by atoms with Gasteiger partial charge in [0.05, 0.1) is 0 Å². The highest BCUT2D eigenvalue weighted by atomic mass is 35.5. The monoisotopic (exact) mass is 292 g/mol. The highest BCUT2D eigenvalue weighted by Crippen LogP contribution is 2.31. The molecule has 5 nitrogen and oxygen atoms in total. The third-order valence-electron chi connectivity index (χ3n) is 3.27. The number of aromatic nitrogens is 1. The van der Waals surface area contributed by atoms with Crippen LogP contribution in [0.2, 0.25) is 5.02 Å². The van der Waals surface area contributed by atoms with E-state index in [1.807, 2.05) is 6.07 Å². The molecule has 0 spiro atoms. The molecule has 1 N–H and O–H groups in total. The maximum atomic E-state index is 12.2. The molecule has 104 valence electrons. The lowest BCUT2D eigenvalue weighted by Gasteiger charge is -2.10. The van der Waals surface area contributed by atoms with Crippen LogP contribution in [0.15, 0.2) is 22.7 Å². The van der Waals surface area contributed by atoms with Gasteiger partial charge in [0.2, 0.25) is 0 Å². The molecule has 1 aromatic heterocycles. The zero-order valence-corrected chi connectivity index (χ0v) is 11.8. The average molecular weight is 293 g/mol. The first-order chi connectivity index (χ1) is 9.54. The van der Waals surface area contributed by atoms with Crippen LogP contribution in [-0.2, 0) is 11.2 Å². The van der Waals surface area contributed by atoms with E-state index in [0.717, 1.165) is 5.56 Å². The second-order valence-corrected chi connectivity index (χ2v) is 5.19. The van der Waals surface area contributed by atoms with Crippen molar-refractivity contribution in [3.8, 4) is 5.75 Å². The van der Waals surface area contributed by atoms with E-state index in [2.05, 4.69) is 10.5 Å². The first-order valence-electron chi connectivity index (χ1n) is 6.23. The fourth-order valence-corrected chi connectivity index (χ4v) is 2.42. The Hall–Kier alpha value is -2.01. The highest BCUT2D eigenvalue weighted by Gasteiger charge is 2.30. The molecule has 3 rings (SSSR count). The Morgan fingerprint density at radius 2 is 2.25 bits per heavy atom. The lowest BCUT2D eigenvalue weighted by atomic mass is 10.1. The van der Waals surface area contributed by atoms with Crippen LogP contribution in [0.1, 0.15) is 17.0 Å². The molecule has 0 aliphatic carbocycles. The minimum absolute atomic E-state index is 0.216. The summed E-state index contributed by atoms with van der Waals surface area (Å²) >= 11 is 5.93. The summed E-state index contributed by atoms with van der Waals surface area (Å²) < 4.78 is 10.6. The van der Waals surface area contributed by atoms with Gasteiger partial charge in [0.15, 0.2) is 11.9 Å². The molecular formula is C14H13ClN2O3. The van der Waals surface area contributed by atoms with Gasteiger partial charge >= 0.3 is 0 Å². The van der Waals surface area contributed by atoms with Gasteiger partial charge in [0, 0.05) is 11.4 Å². The fraction of sp³-hybridized carbons (Fsp3) is 0.286. The smallest absolute Gasteiger partial charge is 0.265 e. The van der Waals surface area contributed by atoms with Crippen LogP contribution in [0.3, 0.4) is 0 Å². The molecule has 20 heavy (non-hydrogen) atoms. The van der Waals surface area contributed by atoms with E-state index in [4.69, 9.17) is 20.9 Å². The molecule has 0 fully saturated rings. The van der Waals surface area contributed by atoms with Crippen molar-refractivity contribution < 1.29 is 14.1 Å². The third-order valence-corrected chi connectivity index (χ3v) is 3.51. The van der Waals surface area contributed by atoms with Crippen LogP contribution < -0.4 is 10.1 Å². The summed E-state index contributed by atoms with van der Waals surface area (Å²) in [6.07, 6.45) is -0.0531. The number of carbonyl (C=O) groups excluding carboxylic acids is 1. The molecule has 2 heterocycles. The maximum absolute atomic E-state index is 12.2. The number of carbonyl (C=O) groups is 1. The van der Waals surface area contributed by atoms with Crippen molar-refractivity contribution >= 4 is 23.2 Å². The maximum Gasteiger partial charge on any atom is 0.265 e. The lowest BCUT2D eigenvalue weighted by Crippen LogP contribution is -2.31. The van der Waals surface area contributed by atoms with Gasteiger partial charge in [-0.15, -0.1) is 0 Å². The Morgan fingerprint density at radius 1 is 1.45 bits per heavy atom. The molecule has 1 atom stereocenters. The van der Waals surface area contributed by atoms with Gasteiger partial charge in [-0.05, 0) is 37.6 Å². The number of benzene rings is 1. The Kier molecular flexibility index (Phi) is 3.14. The van der Waals surface area contributed by atoms with Gasteiger partial charge in [-0.2, -0.15) is 0 Å². The highest BCUT2D eigenvalue weighted by molar-refractivity contribution is 6.30. The number of anilines is 1. The van der Waals surface area contributed by atoms with Crippen molar-refractivity contribution in [2.75, 3.05) is 5.32 Å². The van der Waals surface area contributed by atoms with Crippen molar-refractivity contribution in [1.29, 1.82) is 0 Å². The van der Waals surface area contributed by atoms with Gasteiger partial charge in [-0.1, -0.05) is 16.8 Å². The second-order valence-electron chi connectivity index (χ2n) is 4.75. The van der Waals surface area contributed by atoms with Crippen molar-refractivity contribution in [3.05, 3.63) is 40.2 Å². The van der Waals surface area contributed by atoms with Crippen molar-refractivity contribution in [2.45, 2.75) is 26.4 Å². The molecule has 1 aliphatic rings. The summed E-state index contributed by atoms with van der Waals surface area (Å²) in [5.41, 5.74) is 2.19. The van der Waals surface area contributed by atoms with Gasteiger partial charge < -0.3 is 14.6 Å². The Labute approximate surface area is 120 Å². The first kappa shape index (κ1) is 13.0. The lowest BCUT2D eigenvalue weighted by molar-refractivity contribution is -0.122. The summed E-state index contributed by atoms with van der Waals surface area (Å²) in [4.78, 5) is 12.2. The zero-order chi connectivity index (χ0) is 14.3. The Balaban J connectivity index is 1.75. The molecule has 6 heteroatoms. The van der Waals surface area contributed by atoms with Gasteiger partial charge in [0.1, 0.15) is 17.1 Å². The van der Waals surface area contributed by atoms with E-state index in [9.17, 15) is 4.79 Å². The number of fused-ring (bicyclic) bond motifs is 1. The minimum Gasteiger partial charge on any atom is -0.480 e. The number of hydrogen-bond acceptors (Lipinski definition) is 4. The molecule has 2 aromatic rings. The molecule has 0 unspecified atom stereocenters. The largest absolute Gasteiger partial charge is 0.480 e. The average Bonchev–Trinajstić information content (AvgIpc) is 2.96. The second kappa shape index (κ2) is 4.83. The number of nitrogens with one attached hydrogen (secondary N) is 1. The van der Waals surface area contributed by atoms with Crippen molar-refractivity contribution in [1.82, 2.24) is 5.16 Å². The molecular weight excluding hydrogens is 280 g/mol. The van der Waals surface area contributed by atoms with Gasteiger partial charge in [-0.25, -0.2) is 0 Å². The molecule has 0 saturated heterocycles. The van der Waals surface area contributed by atoms with Crippen LogP contribution >= 0.6 is 11.6 Å². The van der Waals surface area contributed by atoms with E-state index < -0.39 is 6.10 Å². The quantitative estimate of drug-likeness (QED) is 0.924. The van der Waals surface area contributed by atoms with Gasteiger partial charge in [0.25, 0.3) is 5.91 Å². The number of aryl methyl sites for hydroxylation is 2. The third kappa shape index (κ3) is 2.25. The summed E-state index contributed by atoms with van der Waals surface area (Å²) in [5, 5.41) is 7.23. The first-order valence-corrected chi connectivity index (χ1v) is 6.61. The number of nitrogens with zero attached hydrogens (tertiary/aromatic N) is 1. The molecule has 1 amide bonds. The van der Waals surface area contributed by atoms with Crippen LogP contribution in [-0.4, -0.2) is 17.2 Å². The Bertz CT molecular complexity index is 662. The molecule has 1 aliphatic heterocycles. The predicted molar refractivity (Wildman–Crippen MR) is 74.2 cm³/mol. The van der Waals surface area contributed by atoms with Crippen LogP contribution in [0.4, 0.5) is 5.69 Å². The number of ether oxygens (including phenoxy) is 1. The van der Waals surface area contributed by atoms with Gasteiger partial charge in [-0.3, -0.25) is 4.79 Å². The van der Waals surface area contributed by atoms with E-state index in [-0.39, 0.29) is 5.91 Å². The summed E-state index contributed by atoms with van der Waals surface area (Å²) in [6.45, 7) is 3.52. The van der Waals surface area contributed by atoms with Crippen LogP contribution in [0.25, 0.3) is 0 Å². The SMILES string of the molecule is Cc1noc(C)c1NC(=O)[C@H]1Cc2cc(Cl)ccc2O1. The topological polar surface area (TPSA) is 64.4 Å². The van der Waals surface area contributed by atoms with Crippen molar-refractivity contribution in [3.63, 3.8) is 0 Å². The number of rotatable bonds is 2. The fourth-order valence-electron chi connectivity index (χ4n) is 2.23. The van der Waals surface area contributed by atoms with Crippen LogP contribution in [0.5, 0.6) is 5.75 Å². The standard InChI is InChI=1S/C14H13ClN2O3/c1-7-13(8(2)20-17-7)16-14(18)12-6-9-5-10(15)3-4-11(9)19-12/h3-5,12H,6H2,1-2H3,(H,16,18)/t12-/m1/s1. The predicted octanol–water partition coefficient (Wildman–Crippen LogP) is 2.89. The summed E-state index contributed by atoms with van der Waals surface area (Å²) in [7, 11) is 0. The van der Waals surface area contributed by atoms with Crippen molar-refractivity contribution in [2.24, 2.45) is 0 Å². The van der Waals surface area contributed by atoms with Crippen LogP contribution in [0, 0.1) is 13.8 Å². The number of hydrogen-bond donors (Lipinski definition) is 1. The van der Waals surface area contributed by atoms with E-state index >= 15 is 0 Å². The molecule has 1 aromatic carbocycles. The minimum atomic E-state index is -0.558. The molecule has 0 bridgehead atoms. The van der Waals surface area contributed by atoms with E-state index in [1.165, 1.54) is 0 Å². The summed E-state index contributed by atoms with van der Waals surface area (Å²) in [5.74, 6) is 1.06. The molecule has 0 radical (unpaired) electrons. The van der Waals surface area contributed by atoms with E-state index in [0.29, 0.717) is 34.3 Å². The normalized spacial score (nSPS) is 16.6. The molecule has 0 saturated carbocycles. The summed E-state index contributed by atoms with van der Waals surface area (Å²) in [6, 6.07) is 5.34. The Morgan fingerprint density at radius 3 is 2.95 bits per heavy atom. The zero-order valence-electron chi connectivity index (χ0n) is 11.1.